The zero-order chi connectivity index (χ0) is 20.2. The largest absolute Gasteiger partial charge is 0.493 e. The van der Waals surface area contributed by atoms with Crippen molar-refractivity contribution in [3.8, 4) is 5.75 Å². The molecule has 1 fully saturated rings. The van der Waals surface area contributed by atoms with Gasteiger partial charge in [0, 0.05) is 50.1 Å². The molecule has 5 heteroatoms. The lowest BCUT2D eigenvalue weighted by Gasteiger charge is -2.35. The lowest BCUT2D eigenvalue weighted by Crippen LogP contribution is -2.46. The first kappa shape index (κ1) is 19.5. The molecule has 0 spiro atoms. The van der Waals surface area contributed by atoms with Crippen LogP contribution in [-0.2, 0) is 11.2 Å². The Hall–Kier alpha value is -2.79. The Morgan fingerprint density at radius 2 is 1.97 bits per heavy atom. The predicted octanol–water partition coefficient (Wildman–Crippen LogP) is 3.72. The molecular weight excluding hydrogens is 362 g/mol. The van der Waals surface area contributed by atoms with E-state index in [9.17, 15) is 4.79 Å². The number of ether oxygens (including phenoxy) is 1. The molecule has 0 aromatic heterocycles. The summed E-state index contributed by atoms with van der Waals surface area (Å²) in [4.78, 5) is 17.3. The minimum atomic E-state index is -0.117. The maximum Gasteiger partial charge on any atom is 0.248 e. The zero-order valence-corrected chi connectivity index (χ0v) is 17.3. The van der Waals surface area contributed by atoms with Gasteiger partial charge in [-0.15, -0.1) is 0 Å². The molecule has 5 nitrogen and oxygen atoms in total. The molecule has 1 amide bonds. The molecule has 2 aliphatic heterocycles. The smallest absolute Gasteiger partial charge is 0.248 e. The molecule has 2 aliphatic rings. The highest BCUT2D eigenvalue weighted by Crippen LogP contribution is 2.26. The van der Waals surface area contributed by atoms with Gasteiger partial charge in [-0.25, -0.2) is 0 Å². The number of carbonyl (C=O) groups is 1. The van der Waals surface area contributed by atoms with Gasteiger partial charge in [0.05, 0.1) is 6.61 Å². The topological polar surface area (TPSA) is 44.8 Å². The summed E-state index contributed by atoms with van der Waals surface area (Å²) in [6.07, 6.45) is 4.38. The third kappa shape index (κ3) is 4.62. The van der Waals surface area contributed by atoms with E-state index in [1.165, 1.54) is 11.3 Å². The monoisotopic (exact) mass is 391 g/mol. The number of hydrogen-bond acceptors (Lipinski definition) is 4. The Kier molecular flexibility index (Phi) is 5.86. The number of amides is 1. The first-order chi connectivity index (χ1) is 14.1. The number of piperazine rings is 1. The Labute approximate surface area is 173 Å². The van der Waals surface area contributed by atoms with Crippen LogP contribution in [0.5, 0.6) is 5.75 Å². The van der Waals surface area contributed by atoms with Crippen LogP contribution < -0.4 is 15.0 Å². The number of benzene rings is 2. The van der Waals surface area contributed by atoms with Gasteiger partial charge in [0.25, 0.3) is 0 Å². The molecule has 2 heterocycles. The fourth-order valence-corrected chi connectivity index (χ4v) is 3.96. The number of aryl methyl sites for hydroxylation is 1. The third-order valence-corrected chi connectivity index (χ3v) is 5.79. The van der Waals surface area contributed by atoms with Gasteiger partial charge in [-0.3, -0.25) is 4.79 Å². The van der Waals surface area contributed by atoms with Crippen LogP contribution in [0, 0.1) is 6.92 Å². The molecule has 4 rings (SSSR count). The number of hydrogen-bond donors (Lipinski definition) is 1. The second-order valence-electron chi connectivity index (χ2n) is 7.71. The molecule has 0 saturated carbocycles. The number of anilines is 2. The Morgan fingerprint density at radius 1 is 1.14 bits per heavy atom. The first-order valence-corrected chi connectivity index (χ1v) is 10.4. The van der Waals surface area contributed by atoms with Crippen LogP contribution in [-0.4, -0.2) is 50.1 Å². The predicted molar refractivity (Wildman–Crippen MR) is 119 cm³/mol. The second kappa shape index (κ2) is 8.70. The number of rotatable bonds is 5. The van der Waals surface area contributed by atoms with E-state index in [4.69, 9.17) is 4.74 Å². The molecule has 1 N–H and O–H groups in total. The number of nitrogens with zero attached hydrogens (tertiary/aromatic N) is 2. The quantitative estimate of drug-likeness (QED) is 0.789. The van der Waals surface area contributed by atoms with Crippen molar-refractivity contribution in [2.75, 3.05) is 49.5 Å². The van der Waals surface area contributed by atoms with E-state index in [-0.39, 0.29) is 5.91 Å². The van der Waals surface area contributed by atoms with E-state index in [2.05, 4.69) is 40.2 Å². The summed E-state index contributed by atoms with van der Waals surface area (Å²) in [5, 5.41) is 3.00. The molecule has 29 heavy (non-hydrogen) atoms. The van der Waals surface area contributed by atoms with Crippen molar-refractivity contribution in [2.24, 2.45) is 0 Å². The van der Waals surface area contributed by atoms with Gasteiger partial charge >= 0.3 is 0 Å². The number of carbonyl (C=O) groups excluding carboxylic acids is 1. The summed E-state index contributed by atoms with van der Waals surface area (Å²) >= 11 is 0. The molecule has 2 aromatic carbocycles. The highest BCUT2D eigenvalue weighted by molar-refractivity contribution is 6.02. The summed E-state index contributed by atoms with van der Waals surface area (Å²) in [5.41, 5.74) is 5.39. The molecular formula is C24H29N3O2. The summed E-state index contributed by atoms with van der Waals surface area (Å²) in [7, 11) is 0. The first-order valence-electron chi connectivity index (χ1n) is 10.4. The van der Waals surface area contributed by atoms with Gasteiger partial charge in [0.15, 0.2) is 0 Å². The van der Waals surface area contributed by atoms with Crippen LogP contribution >= 0.6 is 0 Å². The molecule has 0 unspecified atom stereocenters. The van der Waals surface area contributed by atoms with Crippen molar-refractivity contribution in [2.45, 2.75) is 20.3 Å². The Balaban J connectivity index is 1.37. The van der Waals surface area contributed by atoms with Gasteiger partial charge in [0.1, 0.15) is 5.75 Å². The number of fused-ring (bicyclic) bond motifs is 1. The van der Waals surface area contributed by atoms with Crippen molar-refractivity contribution in [3.63, 3.8) is 0 Å². The van der Waals surface area contributed by atoms with E-state index in [1.54, 1.807) is 6.08 Å². The zero-order valence-electron chi connectivity index (χ0n) is 17.3. The number of likely N-dealkylation sites (N-methyl/N-ethyl adjacent to an activating group) is 1. The average Bonchev–Trinajstić information content (AvgIpc) is 3.22. The van der Waals surface area contributed by atoms with Crippen LogP contribution in [0.1, 0.15) is 23.6 Å². The average molecular weight is 392 g/mol. The minimum Gasteiger partial charge on any atom is -0.493 e. The van der Waals surface area contributed by atoms with Crippen LogP contribution in [0.15, 0.2) is 42.5 Å². The summed E-state index contributed by atoms with van der Waals surface area (Å²) in [5.74, 6) is 0.840. The maximum atomic E-state index is 12.4. The Morgan fingerprint density at radius 3 is 2.72 bits per heavy atom. The second-order valence-corrected chi connectivity index (χ2v) is 7.71. The summed E-state index contributed by atoms with van der Waals surface area (Å²) in [6, 6.07) is 12.3. The molecule has 0 bridgehead atoms. The SMILES string of the molecule is CCN1CCN(c2ccc(NC(=O)/C=C/c3ccc4c(c3)CCO4)c(C)c2)CC1. The van der Waals surface area contributed by atoms with E-state index in [0.717, 1.165) is 68.3 Å². The van der Waals surface area contributed by atoms with E-state index < -0.39 is 0 Å². The summed E-state index contributed by atoms with van der Waals surface area (Å²) in [6.45, 7) is 10.4. The maximum absolute atomic E-state index is 12.4. The molecule has 0 radical (unpaired) electrons. The van der Waals surface area contributed by atoms with Crippen LogP contribution in [0.25, 0.3) is 6.08 Å². The van der Waals surface area contributed by atoms with E-state index >= 15 is 0 Å². The lowest BCUT2D eigenvalue weighted by atomic mass is 10.1. The van der Waals surface area contributed by atoms with Crippen LogP contribution in [0.4, 0.5) is 11.4 Å². The fraction of sp³-hybridized carbons (Fsp3) is 0.375. The van der Waals surface area contributed by atoms with Gasteiger partial charge in [-0.2, -0.15) is 0 Å². The molecule has 0 aliphatic carbocycles. The summed E-state index contributed by atoms with van der Waals surface area (Å²) < 4.78 is 5.53. The molecule has 152 valence electrons. The standard InChI is InChI=1S/C24H29N3O2/c1-3-26-11-13-27(14-12-26)21-6-7-22(18(2)16-21)25-24(28)9-5-19-4-8-23-20(17-19)10-15-29-23/h4-9,16-17H,3,10-15H2,1-2H3,(H,25,28)/b9-5+. The molecule has 2 aromatic rings. The van der Waals surface area contributed by atoms with Crippen LogP contribution in [0.2, 0.25) is 0 Å². The van der Waals surface area contributed by atoms with Crippen LogP contribution in [0.3, 0.4) is 0 Å². The highest BCUT2D eigenvalue weighted by atomic mass is 16.5. The van der Waals surface area contributed by atoms with Crippen molar-refractivity contribution in [1.29, 1.82) is 0 Å². The lowest BCUT2D eigenvalue weighted by molar-refractivity contribution is -0.111. The van der Waals surface area contributed by atoms with Gasteiger partial charge in [-0.1, -0.05) is 13.0 Å². The highest BCUT2D eigenvalue weighted by Gasteiger charge is 2.16. The van der Waals surface area contributed by atoms with Gasteiger partial charge in [0.2, 0.25) is 5.91 Å². The third-order valence-electron chi connectivity index (χ3n) is 5.79. The number of nitrogens with one attached hydrogen (secondary N) is 1. The van der Waals surface area contributed by atoms with Crippen molar-refractivity contribution in [1.82, 2.24) is 4.90 Å². The van der Waals surface area contributed by atoms with Crippen molar-refractivity contribution < 1.29 is 9.53 Å². The fourth-order valence-electron chi connectivity index (χ4n) is 3.96. The van der Waals surface area contributed by atoms with E-state index in [1.807, 2.05) is 31.2 Å². The van der Waals surface area contributed by atoms with Gasteiger partial charge < -0.3 is 19.9 Å². The normalized spacial score (nSPS) is 16.7. The minimum absolute atomic E-state index is 0.117. The van der Waals surface area contributed by atoms with Gasteiger partial charge in [-0.05, 0) is 66.6 Å². The van der Waals surface area contributed by atoms with Crippen molar-refractivity contribution >= 4 is 23.4 Å². The van der Waals surface area contributed by atoms with Crippen molar-refractivity contribution in [3.05, 3.63) is 59.2 Å². The Bertz CT molecular complexity index is 914. The molecule has 0 atom stereocenters. The van der Waals surface area contributed by atoms with E-state index in [0.29, 0.717) is 0 Å². The molecule has 1 saturated heterocycles.